The van der Waals surface area contributed by atoms with Crippen molar-refractivity contribution in [3.05, 3.63) is 99.4 Å². The fraction of sp³-hybridized carbons (Fsp3) is 0.455. The molecule has 3 aliphatic rings. The summed E-state index contributed by atoms with van der Waals surface area (Å²) in [6.07, 6.45) is 8.51. The van der Waals surface area contributed by atoms with Gasteiger partial charge in [0.2, 0.25) is 17.5 Å². The van der Waals surface area contributed by atoms with E-state index in [-0.39, 0.29) is 66.7 Å². The Morgan fingerprint density at radius 2 is 1.82 bits per heavy atom. The Morgan fingerprint density at radius 3 is 2.48 bits per heavy atom. The van der Waals surface area contributed by atoms with Crippen molar-refractivity contribution in [3.8, 4) is 0 Å². The topological polar surface area (TPSA) is 213 Å². The summed E-state index contributed by atoms with van der Waals surface area (Å²) in [6, 6.07) is 1.68. The molecule has 0 radical (unpaired) electrons. The molecule has 6 N–H and O–H groups in total. The van der Waals surface area contributed by atoms with E-state index in [1.807, 2.05) is 6.92 Å². The predicted molar refractivity (Wildman–Crippen MR) is 232 cm³/mol. The number of aliphatic hydroxyl groups excluding tert-OH is 1. The lowest BCUT2D eigenvalue weighted by atomic mass is 9.85. The van der Waals surface area contributed by atoms with Gasteiger partial charge < -0.3 is 45.5 Å². The quantitative estimate of drug-likeness (QED) is 0.0860. The number of allylic oxidation sites excluding steroid dienone is 6. The number of carbonyl (C=O) groups is 5. The molecule has 6 atom stereocenters. The highest BCUT2D eigenvalue weighted by Crippen LogP contribution is 2.29. The Balaban J connectivity index is 1.49. The number of ether oxygens (including phenoxy) is 3. The Morgan fingerprint density at radius 1 is 1.10 bits per heavy atom. The number of nitrogens with two attached hydrogens (primary N) is 1. The standard InChI is InChI=1S/C44H57BF2N6O9/c1-24-18-32-39(50-17-16-49-38(55)15-14-30-12-13-31(51-30)22-34-26(3)21-29(6)53(34)45(46)47)35(54)23-33(41(32)57)52-43(58)25(2)10-9-11-36(60-7)42(62-44(48)59)28(5)20-27(4)40(56)37(19-24)61-8/h9-13,20-24,27,36-37,40,42,50,56H,14-19H2,1-8H3,(H2,48,59)(H,49,55)(H,52,58)/b11-9-,25-10+,28-20+,31-22-/t24-,27+,36+,37+,40+,42+/m1/s1. The summed E-state index contributed by atoms with van der Waals surface area (Å²) >= 11 is 0. The van der Waals surface area contributed by atoms with Gasteiger partial charge in [0.15, 0.2) is 6.10 Å². The third-order valence-electron chi connectivity index (χ3n) is 10.8. The number of Topliss-reactive ketones (excluding diaryl/α,β-unsaturated/α-hetero) is 1. The zero-order chi connectivity index (χ0) is 45.8. The minimum atomic E-state index is -2.69. The Kier molecular flexibility index (Phi) is 17.7. The number of halogens is 2. The largest absolute Gasteiger partial charge is 0.677 e. The first-order valence-electron chi connectivity index (χ1n) is 20.4. The van der Waals surface area contributed by atoms with Gasteiger partial charge >= 0.3 is 13.5 Å². The van der Waals surface area contributed by atoms with Crippen molar-refractivity contribution in [2.24, 2.45) is 22.6 Å². The number of rotatable bonds is 12. The number of carbonyl (C=O) groups excluding carboxylic acids is 5. The third-order valence-corrected chi connectivity index (χ3v) is 10.8. The van der Waals surface area contributed by atoms with Gasteiger partial charge in [-0.1, -0.05) is 38.2 Å². The minimum Gasteiger partial charge on any atom is -0.439 e. The van der Waals surface area contributed by atoms with E-state index in [9.17, 15) is 37.7 Å². The molecule has 0 saturated heterocycles. The average Bonchev–Trinajstić information content (AvgIpc) is 3.78. The first kappa shape index (κ1) is 48.9. The van der Waals surface area contributed by atoms with E-state index in [1.165, 1.54) is 33.3 Å². The van der Waals surface area contributed by atoms with Gasteiger partial charge in [-0.15, -0.1) is 0 Å². The summed E-state index contributed by atoms with van der Waals surface area (Å²) in [7, 11) is 0.173. The number of aliphatic hydroxyl groups is 1. The van der Waals surface area contributed by atoms with Crippen molar-refractivity contribution in [2.75, 3.05) is 27.3 Å². The van der Waals surface area contributed by atoms with Crippen LogP contribution in [-0.2, 0) is 33.4 Å². The molecular weight excluding hydrogens is 805 g/mol. The van der Waals surface area contributed by atoms with Gasteiger partial charge in [-0.2, -0.15) is 0 Å². The Hall–Kier alpha value is -5.72. The van der Waals surface area contributed by atoms with Crippen LogP contribution in [-0.4, -0.2) is 104 Å². The molecule has 2 bridgehead atoms. The summed E-state index contributed by atoms with van der Waals surface area (Å²) < 4.78 is 44.9. The maximum atomic E-state index is 14.0. The average molecular weight is 863 g/mol. The molecule has 334 valence electrons. The van der Waals surface area contributed by atoms with Gasteiger partial charge in [0, 0.05) is 74.0 Å². The van der Waals surface area contributed by atoms with Crippen molar-refractivity contribution in [1.82, 2.24) is 20.4 Å². The van der Waals surface area contributed by atoms with E-state index in [0.717, 1.165) is 10.6 Å². The first-order chi connectivity index (χ1) is 29.3. The smallest absolute Gasteiger partial charge is 0.439 e. The van der Waals surface area contributed by atoms with Crippen LogP contribution in [0, 0.1) is 25.7 Å². The highest BCUT2D eigenvalue weighted by molar-refractivity contribution is 6.41. The second-order valence-electron chi connectivity index (χ2n) is 15.7. The lowest BCUT2D eigenvalue weighted by Gasteiger charge is -2.30. The molecule has 0 fully saturated rings. The van der Waals surface area contributed by atoms with Gasteiger partial charge in [0.1, 0.15) is 6.10 Å². The van der Waals surface area contributed by atoms with Crippen molar-refractivity contribution < 1.29 is 51.9 Å². The van der Waals surface area contributed by atoms with Crippen molar-refractivity contribution in [1.29, 1.82) is 0 Å². The van der Waals surface area contributed by atoms with Gasteiger partial charge in [-0.05, 0) is 88.3 Å². The number of hydrogen-bond donors (Lipinski definition) is 5. The molecule has 0 unspecified atom stereocenters. The number of aliphatic imine (C=N–C) groups is 1. The van der Waals surface area contributed by atoms with E-state index in [1.54, 1.807) is 64.1 Å². The van der Waals surface area contributed by atoms with Crippen LogP contribution in [0.4, 0.5) is 13.4 Å². The van der Waals surface area contributed by atoms with Gasteiger partial charge in [0.05, 0.1) is 29.3 Å². The minimum absolute atomic E-state index is 0.0240. The lowest BCUT2D eigenvalue weighted by molar-refractivity contribution is -0.121. The van der Waals surface area contributed by atoms with E-state index < -0.39 is 61.3 Å². The van der Waals surface area contributed by atoms with Gasteiger partial charge in [-0.3, -0.25) is 32.8 Å². The molecular formula is C44H57BF2N6O9. The number of aromatic nitrogens is 1. The summed E-state index contributed by atoms with van der Waals surface area (Å²) in [4.78, 5) is 70.1. The molecule has 0 saturated carbocycles. The van der Waals surface area contributed by atoms with Gasteiger partial charge in [0.25, 0.3) is 5.91 Å². The van der Waals surface area contributed by atoms with Gasteiger partial charge in [-0.25, -0.2) is 4.79 Å². The molecule has 1 aromatic rings. The van der Waals surface area contributed by atoms with Crippen LogP contribution in [0.25, 0.3) is 6.08 Å². The molecule has 15 nitrogen and oxygen atoms in total. The van der Waals surface area contributed by atoms with Crippen LogP contribution in [0.3, 0.4) is 0 Å². The molecule has 18 heteroatoms. The molecule has 0 spiro atoms. The van der Waals surface area contributed by atoms with Crippen LogP contribution in [0.15, 0.2) is 87.4 Å². The predicted octanol–water partition coefficient (Wildman–Crippen LogP) is 4.49. The summed E-state index contributed by atoms with van der Waals surface area (Å²) in [5.41, 5.74) is 8.66. The highest BCUT2D eigenvalue weighted by atomic mass is 19.2. The number of hydrogen-bond acceptors (Lipinski definition) is 11. The highest BCUT2D eigenvalue weighted by Gasteiger charge is 2.34. The van der Waals surface area contributed by atoms with Crippen molar-refractivity contribution >= 4 is 48.7 Å². The third kappa shape index (κ3) is 12.9. The van der Waals surface area contributed by atoms with Crippen LogP contribution in [0.2, 0.25) is 0 Å². The number of methoxy groups -OCH3 is 2. The van der Waals surface area contributed by atoms with Crippen LogP contribution in [0.5, 0.6) is 0 Å². The number of primary amides is 1. The fourth-order valence-electron chi connectivity index (χ4n) is 7.56. The van der Waals surface area contributed by atoms with Crippen LogP contribution >= 0.6 is 0 Å². The maximum absolute atomic E-state index is 14.0. The Bertz CT molecular complexity index is 2150. The molecule has 3 amide bonds. The lowest BCUT2D eigenvalue weighted by Crippen LogP contribution is -2.39. The number of fused-ring (bicyclic) bond motifs is 2. The second-order valence-corrected chi connectivity index (χ2v) is 15.7. The first-order valence-corrected chi connectivity index (χ1v) is 20.4. The number of nitrogens with zero attached hydrogens (tertiary/aromatic N) is 2. The maximum Gasteiger partial charge on any atom is 0.677 e. The zero-order valence-corrected chi connectivity index (χ0v) is 36.4. The van der Waals surface area contributed by atoms with Crippen LogP contribution < -0.4 is 21.7 Å². The normalized spacial score (nSPS) is 26.8. The van der Waals surface area contributed by atoms with E-state index in [4.69, 9.17) is 19.9 Å². The molecule has 62 heavy (non-hydrogen) atoms. The summed E-state index contributed by atoms with van der Waals surface area (Å²) in [6.45, 7) is 10.4. The van der Waals surface area contributed by atoms with Crippen LogP contribution in [0.1, 0.15) is 70.3 Å². The second kappa shape index (κ2) is 22.4. The number of aryl methyl sites for hydroxylation is 2. The van der Waals surface area contributed by atoms with Crippen molar-refractivity contribution in [2.45, 2.75) is 91.6 Å². The molecule has 1 aromatic heterocycles. The zero-order valence-electron chi connectivity index (χ0n) is 36.4. The number of amides is 3. The molecule has 4 rings (SSSR count). The number of ketones is 2. The summed E-state index contributed by atoms with van der Waals surface area (Å²) in [5.74, 6) is -2.90. The molecule has 2 aliphatic heterocycles. The monoisotopic (exact) mass is 862 g/mol. The van der Waals surface area contributed by atoms with E-state index >= 15 is 0 Å². The number of nitrogens with one attached hydrogen (secondary N) is 3. The molecule has 3 heterocycles. The van der Waals surface area contributed by atoms with E-state index in [0.29, 0.717) is 40.4 Å². The Labute approximate surface area is 361 Å². The SMILES string of the molecule is CO[C@H]1/C=C\C=C(/C)C(=O)NC2=CC(=O)C(NCCNC(=O)CCC3=N/C(=C\c4c(C)cc(C)n4B(F)F)C=C3)=C(C[C@@H](C)C[C@H](OC)[C@@H](O)[C@@H](C)/C=C(\C)[C@@H]1OC(N)=O)C2=O. The van der Waals surface area contributed by atoms with E-state index in [2.05, 4.69) is 20.9 Å². The van der Waals surface area contributed by atoms with Crippen molar-refractivity contribution in [3.63, 3.8) is 0 Å². The summed E-state index contributed by atoms with van der Waals surface area (Å²) in [5, 5.41) is 19.8. The molecule has 1 aliphatic carbocycles. The molecule has 0 aromatic carbocycles. The fourth-order valence-corrected chi connectivity index (χ4v) is 7.56.